The maximum atomic E-state index is 9.75. The molecule has 2 aromatic carbocycles. The molecule has 0 amide bonds. The molecule has 0 bridgehead atoms. The average molecular weight is 199 g/mol. The van der Waals surface area contributed by atoms with Gasteiger partial charge in [-0.15, -0.1) is 0 Å². The van der Waals surface area contributed by atoms with Crippen LogP contribution in [0.1, 0.15) is 18.0 Å². The van der Waals surface area contributed by atoms with Crippen LogP contribution in [0.3, 0.4) is 0 Å². The Balaban J connectivity index is 2.25. The molecule has 0 radical (unpaired) electrons. The van der Waals surface area contributed by atoms with E-state index >= 15 is 0 Å². The van der Waals surface area contributed by atoms with Crippen LogP contribution in [-0.4, -0.2) is 11.7 Å². The number of benzene rings is 2. The van der Waals surface area contributed by atoms with E-state index in [-0.39, 0.29) is 0 Å². The fourth-order valence-electron chi connectivity index (χ4n) is 2.16. The van der Waals surface area contributed by atoms with Gasteiger partial charge in [0.15, 0.2) is 0 Å². The largest absolute Gasteiger partial charge is 0.507 e. The summed E-state index contributed by atoms with van der Waals surface area (Å²) in [5, 5.41) is 15.2. The van der Waals surface area contributed by atoms with Gasteiger partial charge in [-0.25, -0.2) is 0 Å². The van der Waals surface area contributed by atoms with Crippen molar-refractivity contribution in [2.75, 3.05) is 6.54 Å². The van der Waals surface area contributed by atoms with Crippen LogP contribution >= 0.6 is 0 Å². The lowest BCUT2D eigenvalue weighted by Crippen LogP contribution is -2.34. The topological polar surface area (TPSA) is 32.3 Å². The predicted octanol–water partition coefficient (Wildman–Crippen LogP) is 2.58. The number of hydrogen-bond acceptors (Lipinski definition) is 2. The molecule has 2 heteroatoms. The minimum Gasteiger partial charge on any atom is -0.507 e. The Bertz CT molecular complexity index is 503. The minimum absolute atomic E-state index is 0.369. The summed E-state index contributed by atoms with van der Waals surface area (Å²) in [7, 11) is 0. The second-order valence-corrected chi connectivity index (χ2v) is 4.01. The summed E-state index contributed by atoms with van der Waals surface area (Å²) in [4.78, 5) is 0. The van der Waals surface area contributed by atoms with Crippen LogP contribution in [0.2, 0.25) is 0 Å². The zero-order valence-corrected chi connectivity index (χ0v) is 8.40. The van der Waals surface area contributed by atoms with Gasteiger partial charge in [-0.05, 0) is 30.0 Å². The number of fused-ring (bicyclic) bond motifs is 1. The van der Waals surface area contributed by atoms with Crippen molar-refractivity contribution in [2.45, 2.75) is 12.5 Å². The third-order valence-corrected chi connectivity index (χ3v) is 3.13. The van der Waals surface area contributed by atoms with E-state index in [4.69, 9.17) is 0 Å². The number of hydrogen-bond donors (Lipinski definition) is 2. The first-order valence-corrected chi connectivity index (χ1v) is 5.30. The van der Waals surface area contributed by atoms with Crippen molar-refractivity contribution in [3.05, 3.63) is 42.0 Å². The predicted molar refractivity (Wildman–Crippen MR) is 61.0 cm³/mol. The molecule has 2 N–H and O–H groups in total. The van der Waals surface area contributed by atoms with Crippen LogP contribution in [-0.2, 0) is 0 Å². The highest BCUT2D eigenvalue weighted by molar-refractivity contribution is 5.91. The second-order valence-electron chi connectivity index (χ2n) is 4.01. The van der Waals surface area contributed by atoms with Gasteiger partial charge in [0, 0.05) is 11.4 Å². The van der Waals surface area contributed by atoms with Gasteiger partial charge in [-0.1, -0.05) is 30.3 Å². The van der Waals surface area contributed by atoms with Gasteiger partial charge in [-0.2, -0.15) is 0 Å². The normalized spacial score (nSPS) is 20.1. The van der Waals surface area contributed by atoms with E-state index in [0.29, 0.717) is 11.8 Å². The summed E-state index contributed by atoms with van der Waals surface area (Å²) in [6, 6.07) is 12.3. The van der Waals surface area contributed by atoms with E-state index in [1.807, 2.05) is 24.3 Å². The van der Waals surface area contributed by atoms with Crippen LogP contribution in [0.5, 0.6) is 5.75 Å². The van der Waals surface area contributed by atoms with E-state index in [1.165, 1.54) is 12.0 Å². The zero-order valence-electron chi connectivity index (χ0n) is 8.40. The first-order chi connectivity index (χ1) is 7.36. The Kier molecular flexibility index (Phi) is 1.89. The molecule has 76 valence electrons. The number of phenols is 1. The molecule has 1 aliphatic rings. The molecule has 0 aromatic heterocycles. The van der Waals surface area contributed by atoms with E-state index in [1.54, 1.807) is 6.07 Å². The van der Waals surface area contributed by atoms with Crippen molar-refractivity contribution in [1.82, 2.24) is 5.32 Å². The van der Waals surface area contributed by atoms with E-state index in [0.717, 1.165) is 17.3 Å². The third kappa shape index (κ3) is 1.29. The van der Waals surface area contributed by atoms with Crippen molar-refractivity contribution in [2.24, 2.45) is 0 Å². The van der Waals surface area contributed by atoms with Crippen molar-refractivity contribution >= 4 is 10.8 Å². The molecule has 0 saturated carbocycles. The summed E-state index contributed by atoms with van der Waals surface area (Å²) < 4.78 is 0. The molecule has 15 heavy (non-hydrogen) atoms. The summed E-state index contributed by atoms with van der Waals surface area (Å²) in [5.41, 5.74) is 1.30. The van der Waals surface area contributed by atoms with E-state index in [2.05, 4.69) is 11.4 Å². The first-order valence-electron chi connectivity index (χ1n) is 5.30. The van der Waals surface area contributed by atoms with Crippen LogP contribution in [0.15, 0.2) is 36.4 Å². The Morgan fingerprint density at radius 2 is 1.80 bits per heavy atom. The van der Waals surface area contributed by atoms with Crippen molar-refractivity contribution in [3.8, 4) is 5.75 Å². The Morgan fingerprint density at radius 1 is 1.07 bits per heavy atom. The highest BCUT2D eigenvalue weighted by Gasteiger charge is 2.20. The molecular formula is C13H13NO. The third-order valence-electron chi connectivity index (χ3n) is 3.13. The average Bonchev–Trinajstić information content (AvgIpc) is 2.20. The van der Waals surface area contributed by atoms with Crippen molar-refractivity contribution < 1.29 is 5.11 Å². The van der Waals surface area contributed by atoms with Crippen molar-refractivity contribution in [3.63, 3.8) is 0 Å². The fourth-order valence-corrected chi connectivity index (χ4v) is 2.16. The SMILES string of the molecule is Oc1ccc([C@H]2CCN2)c2ccccc12. The van der Waals surface area contributed by atoms with Crippen LogP contribution in [0.4, 0.5) is 0 Å². The lowest BCUT2D eigenvalue weighted by Gasteiger charge is -2.29. The molecular weight excluding hydrogens is 186 g/mol. The van der Waals surface area contributed by atoms with Crippen LogP contribution in [0, 0.1) is 0 Å². The summed E-state index contributed by atoms with van der Waals surface area (Å²) in [6.45, 7) is 1.10. The molecule has 1 saturated heterocycles. The first kappa shape index (κ1) is 8.74. The molecule has 0 unspecified atom stereocenters. The van der Waals surface area contributed by atoms with Gasteiger partial charge in [0.05, 0.1) is 0 Å². The van der Waals surface area contributed by atoms with Gasteiger partial charge < -0.3 is 10.4 Å². The van der Waals surface area contributed by atoms with Crippen LogP contribution < -0.4 is 5.32 Å². The Hall–Kier alpha value is -1.54. The minimum atomic E-state index is 0.369. The van der Waals surface area contributed by atoms with Crippen LogP contribution in [0.25, 0.3) is 10.8 Å². The second kappa shape index (κ2) is 3.24. The highest BCUT2D eigenvalue weighted by atomic mass is 16.3. The van der Waals surface area contributed by atoms with E-state index in [9.17, 15) is 5.11 Å². The maximum absolute atomic E-state index is 9.75. The standard InChI is InChI=1S/C13H13NO/c15-13-6-5-10(12-7-8-14-12)9-3-1-2-4-11(9)13/h1-6,12,14-15H,7-8H2/t12-/m1/s1. The molecule has 3 rings (SSSR count). The molecule has 2 aromatic rings. The van der Waals surface area contributed by atoms with Gasteiger partial charge in [-0.3, -0.25) is 0 Å². The smallest absolute Gasteiger partial charge is 0.123 e. The molecule has 0 spiro atoms. The lowest BCUT2D eigenvalue weighted by atomic mass is 9.92. The molecule has 1 heterocycles. The summed E-state index contributed by atoms with van der Waals surface area (Å²) in [6.07, 6.45) is 1.19. The molecule has 2 nitrogen and oxygen atoms in total. The number of rotatable bonds is 1. The number of aromatic hydroxyl groups is 1. The van der Waals surface area contributed by atoms with E-state index < -0.39 is 0 Å². The van der Waals surface area contributed by atoms with Gasteiger partial charge >= 0.3 is 0 Å². The van der Waals surface area contributed by atoms with Gasteiger partial charge in [0.25, 0.3) is 0 Å². The van der Waals surface area contributed by atoms with Crippen molar-refractivity contribution in [1.29, 1.82) is 0 Å². The zero-order chi connectivity index (χ0) is 10.3. The molecule has 0 aliphatic carbocycles. The number of phenolic OH excluding ortho intramolecular Hbond substituents is 1. The lowest BCUT2D eigenvalue weighted by molar-refractivity contribution is 0.385. The number of nitrogens with one attached hydrogen (secondary N) is 1. The summed E-state index contributed by atoms with van der Waals surface area (Å²) in [5.74, 6) is 0.369. The molecule has 1 aliphatic heterocycles. The van der Waals surface area contributed by atoms with Gasteiger partial charge in [0.1, 0.15) is 5.75 Å². The Labute approximate surface area is 88.5 Å². The van der Waals surface area contributed by atoms with Gasteiger partial charge in [0.2, 0.25) is 0 Å². The summed E-state index contributed by atoms with van der Waals surface area (Å²) >= 11 is 0. The maximum Gasteiger partial charge on any atom is 0.123 e. The molecule has 1 fully saturated rings. The monoisotopic (exact) mass is 199 g/mol. The molecule has 1 atom stereocenters. The highest BCUT2D eigenvalue weighted by Crippen LogP contribution is 2.33. The Morgan fingerprint density at radius 3 is 2.47 bits per heavy atom. The fraction of sp³-hybridized carbons (Fsp3) is 0.231. The quantitative estimate of drug-likeness (QED) is 0.739.